The molecule has 0 saturated carbocycles. The number of para-hydroxylation sites is 1. The van der Waals surface area contributed by atoms with Gasteiger partial charge in [-0.2, -0.15) is 0 Å². The van der Waals surface area contributed by atoms with E-state index in [0.717, 1.165) is 34.2 Å². The van der Waals surface area contributed by atoms with Crippen molar-refractivity contribution in [3.63, 3.8) is 0 Å². The Morgan fingerprint density at radius 2 is 2.00 bits per heavy atom. The highest BCUT2D eigenvalue weighted by Gasteiger charge is 2.14. The molecule has 0 spiro atoms. The van der Waals surface area contributed by atoms with Gasteiger partial charge in [0.05, 0.1) is 12.6 Å². The Hall–Kier alpha value is -2.67. The van der Waals surface area contributed by atoms with Crippen molar-refractivity contribution in [3.05, 3.63) is 53.8 Å². The molecule has 4 aromatic rings. The van der Waals surface area contributed by atoms with E-state index in [1.165, 1.54) is 23.9 Å². The van der Waals surface area contributed by atoms with Gasteiger partial charge in [-0.3, -0.25) is 0 Å². The van der Waals surface area contributed by atoms with Crippen LogP contribution >= 0.6 is 11.8 Å². The standard InChI is InChI=1S/C19H17FN4OS/c1-3-24-15-7-5-4-6-14(15)17-18(24)21-19(23-22-17)26-11-12-10-13(20)8-9-16(12)25-2/h4-10H,3,11H2,1-2H3. The second kappa shape index (κ2) is 6.92. The fraction of sp³-hybridized carbons (Fsp3) is 0.211. The first-order valence-corrected chi connectivity index (χ1v) is 9.26. The SMILES string of the molecule is CCn1c2ccccc2c2nnc(SCc3cc(F)ccc3OC)nc21. The lowest BCUT2D eigenvalue weighted by Crippen LogP contribution is -1.99. The third-order valence-corrected chi connectivity index (χ3v) is 5.16. The van der Waals surface area contributed by atoms with Crippen LogP contribution in [0.2, 0.25) is 0 Å². The number of aryl methyl sites for hydroxylation is 1. The van der Waals surface area contributed by atoms with Crippen molar-refractivity contribution in [2.75, 3.05) is 7.11 Å². The van der Waals surface area contributed by atoms with Crippen LogP contribution in [0.1, 0.15) is 12.5 Å². The number of methoxy groups -OCH3 is 1. The van der Waals surface area contributed by atoms with E-state index in [-0.39, 0.29) is 5.82 Å². The molecule has 0 radical (unpaired) electrons. The van der Waals surface area contributed by atoms with Crippen LogP contribution in [-0.2, 0) is 12.3 Å². The number of benzene rings is 2. The predicted octanol–water partition coefficient (Wildman–Crippen LogP) is 4.44. The van der Waals surface area contributed by atoms with Gasteiger partial charge in [-0.1, -0.05) is 30.0 Å². The summed E-state index contributed by atoms with van der Waals surface area (Å²) in [5, 5.41) is 10.2. The van der Waals surface area contributed by atoms with Crippen molar-refractivity contribution < 1.29 is 9.13 Å². The predicted molar refractivity (Wildman–Crippen MR) is 101 cm³/mol. The molecular weight excluding hydrogens is 351 g/mol. The van der Waals surface area contributed by atoms with Crippen molar-refractivity contribution in [3.8, 4) is 5.75 Å². The fourth-order valence-corrected chi connectivity index (χ4v) is 3.83. The van der Waals surface area contributed by atoms with Gasteiger partial charge in [0, 0.05) is 23.2 Å². The number of rotatable bonds is 5. The van der Waals surface area contributed by atoms with Crippen molar-refractivity contribution in [2.24, 2.45) is 0 Å². The lowest BCUT2D eigenvalue weighted by Gasteiger charge is -2.07. The third-order valence-electron chi connectivity index (χ3n) is 4.27. The highest BCUT2D eigenvalue weighted by Crippen LogP contribution is 2.29. The molecule has 2 aromatic heterocycles. The quantitative estimate of drug-likeness (QED) is 0.488. The maximum absolute atomic E-state index is 13.5. The zero-order valence-corrected chi connectivity index (χ0v) is 15.3. The van der Waals surface area contributed by atoms with Gasteiger partial charge in [-0.25, -0.2) is 9.37 Å². The van der Waals surface area contributed by atoms with Gasteiger partial charge in [-0.05, 0) is 31.2 Å². The molecule has 2 heterocycles. The Kier molecular flexibility index (Phi) is 4.46. The number of fused-ring (bicyclic) bond motifs is 3. The molecule has 0 bridgehead atoms. The molecule has 0 aliphatic heterocycles. The minimum atomic E-state index is -0.290. The Bertz CT molecular complexity index is 1100. The Morgan fingerprint density at radius 3 is 2.81 bits per heavy atom. The van der Waals surface area contributed by atoms with Crippen LogP contribution in [0, 0.1) is 5.82 Å². The van der Waals surface area contributed by atoms with Gasteiger partial charge in [0.15, 0.2) is 5.65 Å². The van der Waals surface area contributed by atoms with E-state index in [1.54, 1.807) is 13.2 Å². The summed E-state index contributed by atoms with van der Waals surface area (Å²) in [6.45, 7) is 2.88. The second-order valence-corrected chi connectivity index (χ2v) is 6.72. The van der Waals surface area contributed by atoms with Crippen molar-refractivity contribution in [2.45, 2.75) is 24.4 Å². The minimum Gasteiger partial charge on any atom is -0.496 e. The summed E-state index contributed by atoms with van der Waals surface area (Å²) >= 11 is 1.41. The van der Waals surface area contributed by atoms with E-state index in [2.05, 4.69) is 27.8 Å². The summed E-state index contributed by atoms with van der Waals surface area (Å²) < 4.78 is 20.9. The van der Waals surface area contributed by atoms with Crippen molar-refractivity contribution >= 4 is 33.8 Å². The molecule has 5 nitrogen and oxygen atoms in total. The molecule has 4 rings (SSSR count). The number of hydrogen-bond acceptors (Lipinski definition) is 5. The molecule has 0 aliphatic rings. The maximum atomic E-state index is 13.5. The normalized spacial score (nSPS) is 11.3. The number of ether oxygens (including phenoxy) is 1. The molecule has 0 atom stereocenters. The lowest BCUT2D eigenvalue weighted by atomic mass is 10.2. The largest absolute Gasteiger partial charge is 0.496 e. The van der Waals surface area contributed by atoms with E-state index in [9.17, 15) is 4.39 Å². The topological polar surface area (TPSA) is 52.8 Å². The van der Waals surface area contributed by atoms with Gasteiger partial charge in [0.1, 0.15) is 17.1 Å². The Balaban J connectivity index is 1.70. The summed E-state index contributed by atoms with van der Waals surface area (Å²) in [5.74, 6) is 0.859. The highest BCUT2D eigenvalue weighted by atomic mass is 32.2. The van der Waals surface area contributed by atoms with E-state index >= 15 is 0 Å². The average molecular weight is 368 g/mol. The van der Waals surface area contributed by atoms with E-state index in [0.29, 0.717) is 16.7 Å². The van der Waals surface area contributed by atoms with Crippen LogP contribution in [0.15, 0.2) is 47.6 Å². The second-order valence-electron chi connectivity index (χ2n) is 5.77. The summed E-state index contributed by atoms with van der Waals surface area (Å²) in [6, 6.07) is 12.6. The summed E-state index contributed by atoms with van der Waals surface area (Å²) in [7, 11) is 1.57. The molecule has 7 heteroatoms. The first-order valence-electron chi connectivity index (χ1n) is 8.28. The molecule has 0 unspecified atom stereocenters. The summed E-state index contributed by atoms with van der Waals surface area (Å²) in [5.41, 5.74) is 3.48. The number of halogens is 1. The van der Waals surface area contributed by atoms with Gasteiger partial charge in [-0.15, -0.1) is 10.2 Å². The first kappa shape index (κ1) is 16.8. The van der Waals surface area contributed by atoms with Crippen LogP contribution in [0.5, 0.6) is 5.75 Å². The highest BCUT2D eigenvalue weighted by molar-refractivity contribution is 7.98. The van der Waals surface area contributed by atoms with Crippen LogP contribution in [0.4, 0.5) is 4.39 Å². The van der Waals surface area contributed by atoms with Gasteiger partial charge in [0.25, 0.3) is 0 Å². The molecular formula is C19H17FN4OS. The number of nitrogens with zero attached hydrogens (tertiary/aromatic N) is 4. The monoisotopic (exact) mass is 368 g/mol. The van der Waals surface area contributed by atoms with Crippen molar-refractivity contribution in [1.82, 2.24) is 19.7 Å². The van der Waals surface area contributed by atoms with Crippen LogP contribution in [0.25, 0.3) is 22.1 Å². The molecule has 132 valence electrons. The summed E-state index contributed by atoms with van der Waals surface area (Å²) in [6.07, 6.45) is 0. The van der Waals surface area contributed by atoms with Crippen LogP contribution < -0.4 is 4.74 Å². The van der Waals surface area contributed by atoms with E-state index in [1.807, 2.05) is 18.2 Å². The van der Waals surface area contributed by atoms with Gasteiger partial charge < -0.3 is 9.30 Å². The lowest BCUT2D eigenvalue weighted by molar-refractivity contribution is 0.410. The zero-order valence-electron chi connectivity index (χ0n) is 14.4. The number of aromatic nitrogens is 4. The molecule has 2 aromatic carbocycles. The van der Waals surface area contributed by atoms with Crippen molar-refractivity contribution in [1.29, 1.82) is 0 Å². The maximum Gasteiger partial charge on any atom is 0.211 e. The first-order chi connectivity index (χ1) is 12.7. The average Bonchev–Trinajstić information content (AvgIpc) is 2.99. The molecule has 0 saturated heterocycles. The fourth-order valence-electron chi connectivity index (χ4n) is 3.07. The molecule has 0 aliphatic carbocycles. The Labute approximate surface area is 154 Å². The molecule has 0 N–H and O–H groups in total. The number of thioether (sulfide) groups is 1. The smallest absolute Gasteiger partial charge is 0.211 e. The zero-order chi connectivity index (χ0) is 18.1. The van der Waals surface area contributed by atoms with Gasteiger partial charge in [0.2, 0.25) is 5.16 Å². The molecule has 0 amide bonds. The van der Waals surface area contributed by atoms with Crippen LogP contribution in [-0.4, -0.2) is 26.9 Å². The van der Waals surface area contributed by atoms with Gasteiger partial charge >= 0.3 is 0 Å². The molecule has 0 fully saturated rings. The van der Waals surface area contributed by atoms with E-state index in [4.69, 9.17) is 9.72 Å². The minimum absolute atomic E-state index is 0.290. The van der Waals surface area contributed by atoms with E-state index < -0.39 is 0 Å². The Morgan fingerprint density at radius 1 is 1.15 bits per heavy atom. The van der Waals surface area contributed by atoms with Crippen LogP contribution in [0.3, 0.4) is 0 Å². The third kappa shape index (κ3) is 2.88. The number of hydrogen-bond donors (Lipinski definition) is 0. The molecule has 26 heavy (non-hydrogen) atoms. The summed E-state index contributed by atoms with van der Waals surface area (Å²) in [4.78, 5) is 4.69.